The summed E-state index contributed by atoms with van der Waals surface area (Å²) in [5, 5.41) is 12.3. The molecular weight excluding hydrogens is 318 g/mol. The average Bonchev–Trinajstić information content (AvgIpc) is 2.85. The molecule has 2 atom stereocenters. The smallest absolute Gasteiger partial charge is 0.404 e. The third kappa shape index (κ3) is 5.76. The first-order valence-electron chi connectivity index (χ1n) is 9.39. The van der Waals surface area contributed by atoms with E-state index in [4.69, 9.17) is 4.43 Å². The molecular formula is C19H39NO3Si. The molecule has 0 aliphatic heterocycles. The Morgan fingerprint density at radius 2 is 1.67 bits per heavy atom. The highest BCUT2D eigenvalue weighted by Crippen LogP contribution is 2.43. The van der Waals surface area contributed by atoms with Crippen molar-refractivity contribution < 1.29 is 14.3 Å². The largest absolute Gasteiger partial charge is 0.465 e. The van der Waals surface area contributed by atoms with Crippen LogP contribution < -0.4 is 5.32 Å². The lowest BCUT2D eigenvalue weighted by Crippen LogP contribution is -2.52. The Morgan fingerprint density at radius 3 is 2.04 bits per heavy atom. The molecule has 4 nitrogen and oxygen atoms in total. The molecule has 24 heavy (non-hydrogen) atoms. The van der Waals surface area contributed by atoms with Gasteiger partial charge in [0.25, 0.3) is 0 Å². The van der Waals surface area contributed by atoms with Crippen molar-refractivity contribution in [3.63, 3.8) is 0 Å². The maximum atomic E-state index is 11.4. The molecule has 1 rings (SSSR count). The predicted octanol–water partition coefficient (Wildman–Crippen LogP) is 5.50. The molecule has 0 saturated heterocycles. The van der Waals surface area contributed by atoms with Crippen molar-refractivity contribution in [3.8, 4) is 0 Å². The summed E-state index contributed by atoms with van der Waals surface area (Å²) in [6.45, 7) is 18.3. The lowest BCUT2D eigenvalue weighted by atomic mass is 9.68. The van der Waals surface area contributed by atoms with Crippen LogP contribution in [0.3, 0.4) is 0 Å². The van der Waals surface area contributed by atoms with E-state index >= 15 is 0 Å². The summed E-state index contributed by atoms with van der Waals surface area (Å²) in [4.78, 5) is 11.4. The quantitative estimate of drug-likeness (QED) is 0.617. The second kappa shape index (κ2) is 7.77. The number of hydrogen-bond donors (Lipinski definition) is 2. The molecule has 0 aromatic rings. The molecule has 0 bridgehead atoms. The van der Waals surface area contributed by atoms with Crippen molar-refractivity contribution in [1.29, 1.82) is 0 Å². The monoisotopic (exact) mass is 357 g/mol. The van der Waals surface area contributed by atoms with Crippen molar-refractivity contribution in [1.82, 2.24) is 5.32 Å². The first-order chi connectivity index (χ1) is 10.8. The average molecular weight is 358 g/mol. The molecule has 142 valence electrons. The van der Waals surface area contributed by atoms with Gasteiger partial charge in [-0.2, -0.15) is 0 Å². The van der Waals surface area contributed by atoms with Gasteiger partial charge in [0.2, 0.25) is 0 Å². The highest BCUT2D eigenvalue weighted by atomic mass is 28.4. The SMILES string of the molecule is CC(C)(C)[C@H](C1CCCC1)C(CO[Si](C)(C)C(C)(C)C)NC(=O)O. The number of rotatable bonds is 6. The zero-order valence-electron chi connectivity index (χ0n) is 17.0. The molecule has 0 spiro atoms. The van der Waals surface area contributed by atoms with Gasteiger partial charge in [-0.25, -0.2) is 4.79 Å². The van der Waals surface area contributed by atoms with Crippen LogP contribution >= 0.6 is 0 Å². The number of amides is 1. The van der Waals surface area contributed by atoms with Gasteiger partial charge in [0, 0.05) is 0 Å². The Kier molecular flexibility index (Phi) is 6.96. The van der Waals surface area contributed by atoms with Gasteiger partial charge < -0.3 is 14.8 Å². The molecule has 1 fully saturated rings. The van der Waals surface area contributed by atoms with E-state index < -0.39 is 14.4 Å². The minimum Gasteiger partial charge on any atom is -0.465 e. The molecule has 0 aromatic heterocycles. The van der Waals surface area contributed by atoms with Gasteiger partial charge in [-0.15, -0.1) is 0 Å². The Balaban J connectivity index is 2.98. The number of carbonyl (C=O) groups is 1. The fourth-order valence-corrected chi connectivity index (χ4v) is 4.89. The van der Waals surface area contributed by atoms with Crippen LogP contribution in [0.4, 0.5) is 4.79 Å². The van der Waals surface area contributed by atoms with Crippen molar-refractivity contribution in [2.75, 3.05) is 6.61 Å². The Morgan fingerprint density at radius 1 is 1.17 bits per heavy atom. The van der Waals surface area contributed by atoms with Crippen molar-refractivity contribution in [3.05, 3.63) is 0 Å². The van der Waals surface area contributed by atoms with E-state index in [2.05, 4.69) is 60.0 Å². The molecule has 1 unspecified atom stereocenters. The Bertz CT molecular complexity index is 417. The van der Waals surface area contributed by atoms with E-state index in [1.54, 1.807) is 0 Å². The molecule has 1 saturated carbocycles. The fourth-order valence-electron chi connectivity index (χ4n) is 3.86. The maximum absolute atomic E-state index is 11.4. The highest BCUT2D eigenvalue weighted by molar-refractivity contribution is 6.74. The zero-order chi connectivity index (χ0) is 18.8. The number of nitrogens with one attached hydrogen (secondary N) is 1. The minimum absolute atomic E-state index is 0.0545. The van der Waals surface area contributed by atoms with Crippen molar-refractivity contribution >= 4 is 14.4 Å². The van der Waals surface area contributed by atoms with Gasteiger partial charge in [0.1, 0.15) is 0 Å². The minimum atomic E-state index is -1.90. The first kappa shape index (κ1) is 21.5. The summed E-state index contributed by atoms with van der Waals surface area (Å²) in [5.74, 6) is 0.894. The van der Waals surface area contributed by atoms with Crippen LogP contribution in [0.1, 0.15) is 67.2 Å². The molecule has 0 aromatic carbocycles. The van der Waals surface area contributed by atoms with Crippen LogP contribution in [-0.4, -0.2) is 32.2 Å². The first-order valence-corrected chi connectivity index (χ1v) is 12.3. The van der Waals surface area contributed by atoms with Crippen LogP contribution in [0.5, 0.6) is 0 Å². The fraction of sp³-hybridized carbons (Fsp3) is 0.947. The summed E-state index contributed by atoms with van der Waals surface area (Å²) in [5.41, 5.74) is 0.0545. The normalized spacial score (nSPS) is 20.0. The van der Waals surface area contributed by atoms with Crippen LogP contribution in [-0.2, 0) is 4.43 Å². The van der Waals surface area contributed by atoms with Gasteiger partial charge in [0.05, 0.1) is 12.6 Å². The van der Waals surface area contributed by atoms with Crippen LogP contribution in [0, 0.1) is 17.3 Å². The molecule has 1 amide bonds. The second-order valence-corrected chi connectivity index (χ2v) is 14.9. The molecule has 1 aliphatic rings. The summed E-state index contributed by atoms with van der Waals surface area (Å²) >= 11 is 0. The van der Waals surface area contributed by atoms with Gasteiger partial charge in [-0.1, -0.05) is 67.2 Å². The standard InChI is InChI=1S/C19H39NO3Si/c1-18(2,3)16(14-11-9-10-12-14)15(20-17(21)22)13-23-24(7,8)19(4,5)6/h14-16,20H,9-13H2,1-8H3,(H,21,22)/t15?,16-/m1/s1. The van der Waals surface area contributed by atoms with E-state index in [-0.39, 0.29) is 16.5 Å². The summed E-state index contributed by atoms with van der Waals surface area (Å²) in [6, 6.07) is -0.139. The molecule has 0 heterocycles. The van der Waals surface area contributed by atoms with Crippen LogP contribution in [0.2, 0.25) is 18.1 Å². The molecule has 5 heteroatoms. The predicted molar refractivity (Wildman–Crippen MR) is 103 cm³/mol. The van der Waals surface area contributed by atoms with E-state index in [0.29, 0.717) is 18.4 Å². The number of hydrogen-bond acceptors (Lipinski definition) is 2. The van der Waals surface area contributed by atoms with E-state index in [0.717, 1.165) is 0 Å². The maximum Gasteiger partial charge on any atom is 0.404 e. The third-order valence-corrected chi connectivity index (χ3v) is 10.6. The summed E-state index contributed by atoms with van der Waals surface area (Å²) in [6.07, 6.45) is 4.01. The molecule has 1 aliphatic carbocycles. The summed E-state index contributed by atoms with van der Waals surface area (Å²) in [7, 11) is -1.90. The van der Waals surface area contributed by atoms with Crippen LogP contribution in [0.25, 0.3) is 0 Å². The van der Waals surface area contributed by atoms with Crippen LogP contribution in [0.15, 0.2) is 0 Å². The van der Waals surface area contributed by atoms with E-state index in [1.807, 2.05) is 0 Å². The summed E-state index contributed by atoms with van der Waals surface area (Å²) < 4.78 is 6.41. The topological polar surface area (TPSA) is 58.6 Å². The lowest BCUT2D eigenvalue weighted by Gasteiger charge is -2.43. The second-order valence-electron chi connectivity index (χ2n) is 10.1. The van der Waals surface area contributed by atoms with Gasteiger partial charge in [0.15, 0.2) is 8.32 Å². The lowest BCUT2D eigenvalue weighted by molar-refractivity contribution is 0.0762. The Hall–Kier alpha value is -0.553. The van der Waals surface area contributed by atoms with Gasteiger partial charge in [-0.3, -0.25) is 0 Å². The van der Waals surface area contributed by atoms with E-state index in [9.17, 15) is 9.90 Å². The Labute approximate surface area is 149 Å². The third-order valence-electron chi connectivity index (χ3n) is 6.08. The van der Waals surface area contributed by atoms with E-state index in [1.165, 1.54) is 25.7 Å². The molecule has 2 N–H and O–H groups in total. The molecule has 0 radical (unpaired) electrons. The highest BCUT2D eigenvalue weighted by Gasteiger charge is 2.43. The van der Waals surface area contributed by atoms with Crippen molar-refractivity contribution in [2.24, 2.45) is 17.3 Å². The number of carboxylic acid groups (broad SMARTS) is 1. The van der Waals surface area contributed by atoms with Gasteiger partial charge in [-0.05, 0) is 35.4 Å². The van der Waals surface area contributed by atoms with Gasteiger partial charge >= 0.3 is 6.09 Å². The van der Waals surface area contributed by atoms with Crippen molar-refractivity contribution in [2.45, 2.75) is 91.4 Å². The zero-order valence-corrected chi connectivity index (χ0v) is 18.0.